The molecule has 0 spiro atoms. The van der Waals surface area contributed by atoms with Crippen molar-refractivity contribution in [2.75, 3.05) is 38.0 Å². The Morgan fingerprint density at radius 1 is 1.17 bits per heavy atom. The number of piperidine rings is 2. The molecule has 4 N–H and O–H groups in total. The molecule has 3 atom stereocenters. The minimum Gasteiger partial charge on any atom is -0.346 e. The normalized spacial score (nSPS) is 27.8. The zero-order valence-corrected chi connectivity index (χ0v) is 18.2. The summed E-state index contributed by atoms with van der Waals surface area (Å²) in [6, 6.07) is 6.39. The van der Waals surface area contributed by atoms with Gasteiger partial charge in [0.2, 0.25) is 5.37 Å². The first-order valence-electron chi connectivity index (χ1n) is 11.2. The lowest BCUT2D eigenvalue weighted by molar-refractivity contribution is -0.927. The molecule has 3 unspecified atom stereocenters. The van der Waals surface area contributed by atoms with Gasteiger partial charge in [0.15, 0.2) is 0 Å². The van der Waals surface area contributed by atoms with E-state index in [9.17, 15) is 9.59 Å². The molecule has 2 fully saturated rings. The first-order valence-corrected chi connectivity index (χ1v) is 12.1. The van der Waals surface area contributed by atoms with Crippen molar-refractivity contribution in [3.63, 3.8) is 0 Å². The molecule has 1 aromatic rings. The van der Waals surface area contributed by atoms with Gasteiger partial charge in [0.05, 0.1) is 44.5 Å². The van der Waals surface area contributed by atoms with Gasteiger partial charge in [-0.15, -0.1) is 0 Å². The van der Waals surface area contributed by atoms with Crippen LogP contribution in [0.5, 0.6) is 0 Å². The minimum absolute atomic E-state index is 0.0557. The molecule has 0 aliphatic carbocycles. The van der Waals surface area contributed by atoms with Crippen LogP contribution >= 0.6 is 11.8 Å². The van der Waals surface area contributed by atoms with Crippen molar-refractivity contribution in [2.45, 2.75) is 61.8 Å². The number of quaternary nitrogens is 2. The third-order valence-corrected chi connectivity index (χ3v) is 8.06. The number of amides is 2. The van der Waals surface area contributed by atoms with E-state index in [1.807, 2.05) is 18.2 Å². The fourth-order valence-electron chi connectivity index (χ4n) is 4.85. The summed E-state index contributed by atoms with van der Waals surface area (Å²) in [5.41, 5.74) is 1.39. The Labute approximate surface area is 177 Å². The van der Waals surface area contributed by atoms with Crippen LogP contribution in [0.2, 0.25) is 0 Å². The summed E-state index contributed by atoms with van der Waals surface area (Å²) in [6.45, 7) is 7.32. The molecule has 2 saturated heterocycles. The van der Waals surface area contributed by atoms with Gasteiger partial charge in [0.1, 0.15) is 0 Å². The predicted octanol–water partition coefficient (Wildman–Crippen LogP) is 0.313. The Morgan fingerprint density at radius 3 is 2.76 bits per heavy atom. The van der Waals surface area contributed by atoms with Crippen molar-refractivity contribution >= 4 is 29.3 Å². The van der Waals surface area contributed by atoms with Crippen LogP contribution in [0.4, 0.5) is 5.69 Å². The summed E-state index contributed by atoms with van der Waals surface area (Å²) in [6.07, 6.45) is 7.57. The first kappa shape index (κ1) is 20.7. The quantitative estimate of drug-likeness (QED) is 0.557. The molecule has 6 nitrogen and oxygen atoms in total. The Balaban J connectivity index is 1.34. The number of carbonyl (C=O) groups is 2. The molecule has 0 radical (unpaired) electrons. The lowest BCUT2D eigenvalue weighted by Gasteiger charge is -2.33. The lowest BCUT2D eigenvalue weighted by Crippen LogP contribution is -3.17. The molecule has 7 heteroatoms. The standard InChI is InChI=1S/C22H32N4O2S/c1-16-7-3-6-11-25(16)14-10-23-20(27)17-8-9-19-18(15-17)24-21(28)22(29-19)26-12-4-2-5-13-26/h8-9,15-16,22H,2-7,10-14H2,1H3,(H,23,27)(H,24,28)/p+2. The Bertz CT molecular complexity index is 750. The van der Waals surface area contributed by atoms with E-state index < -0.39 is 0 Å². The van der Waals surface area contributed by atoms with E-state index in [4.69, 9.17) is 0 Å². The second-order valence-electron chi connectivity index (χ2n) is 8.73. The number of carbonyl (C=O) groups excluding carboxylic acids is 2. The molecule has 3 heterocycles. The van der Waals surface area contributed by atoms with Crippen LogP contribution in [0, 0.1) is 0 Å². The number of hydrogen-bond acceptors (Lipinski definition) is 3. The second-order valence-corrected chi connectivity index (χ2v) is 9.87. The monoisotopic (exact) mass is 418 g/mol. The number of rotatable bonds is 5. The van der Waals surface area contributed by atoms with Crippen LogP contribution in [0.1, 0.15) is 55.8 Å². The maximum Gasteiger partial charge on any atom is 0.294 e. The van der Waals surface area contributed by atoms with Crippen LogP contribution in [0.3, 0.4) is 0 Å². The van der Waals surface area contributed by atoms with Gasteiger partial charge in [-0.05, 0) is 63.6 Å². The fourth-order valence-corrected chi connectivity index (χ4v) is 6.06. The average Bonchev–Trinajstić information content (AvgIpc) is 2.74. The number of thioether (sulfide) groups is 1. The van der Waals surface area contributed by atoms with Crippen LogP contribution in [0.25, 0.3) is 0 Å². The smallest absolute Gasteiger partial charge is 0.294 e. The van der Waals surface area contributed by atoms with Crippen molar-refractivity contribution in [1.29, 1.82) is 0 Å². The topological polar surface area (TPSA) is 67.1 Å². The molecule has 0 saturated carbocycles. The summed E-state index contributed by atoms with van der Waals surface area (Å²) in [5, 5.41) is 6.04. The van der Waals surface area contributed by atoms with Gasteiger partial charge in [0.25, 0.3) is 11.8 Å². The Morgan fingerprint density at radius 2 is 1.97 bits per heavy atom. The number of benzene rings is 1. The van der Waals surface area contributed by atoms with E-state index in [1.54, 1.807) is 16.7 Å². The summed E-state index contributed by atoms with van der Waals surface area (Å²) < 4.78 is 0. The molecular weight excluding hydrogens is 384 g/mol. The fraction of sp³-hybridized carbons (Fsp3) is 0.636. The van der Waals surface area contributed by atoms with E-state index in [2.05, 4.69) is 17.6 Å². The van der Waals surface area contributed by atoms with Gasteiger partial charge in [-0.3, -0.25) is 9.59 Å². The van der Waals surface area contributed by atoms with Gasteiger partial charge in [-0.1, -0.05) is 11.8 Å². The van der Waals surface area contributed by atoms with E-state index in [1.165, 1.54) is 50.0 Å². The molecule has 2 amide bonds. The zero-order chi connectivity index (χ0) is 20.2. The highest BCUT2D eigenvalue weighted by molar-refractivity contribution is 8.00. The summed E-state index contributed by atoms with van der Waals surface area (Å²) >= 11 is 1.64. The first-order chi connectivity index (χ1) is 14.1. The van der Waals surface area contributed by atoms with Crippen LogP contribution in [-0.2, 0) is 4.79 Å². The van der Waals surface area contributed by atoms with Gasteiger partial charge >= 0.3 is 0 Å². The van der Waals surface area contributed by atoms with Crippen molar-refractivity contribution in [3.8, 4) is 0 Å². The zero-order valence-electron chi connectivity index (χ0n) is 17.4. The van der Waals surface area contributed by atoms with Crippen molar-refractivity contribution in [1.82, 2.24) is 5.32 Å². The van der Waals surface area contributed by atoms with E-state index in [-0.39, 0.29) is 17.2 Å². The van der Waals surface area contributed by atoms with Gasteiger partial charge < -0.3 is 20.4 Å². The van der Waals surface area contributed by atoms with Crippen molar-refractivity contribution < 1.29 is 19.4 Å². The molecule has 3 aliphatic heterocycles. The highest BCUT2D eigenvalue weighted by Gasteiger charge is 2.36. The minimum atomic E-state index is -0.0722. The number of hydrogen-bond donors (Lipinski definition) is 4. The molecule has 1 aromatic carbocycles. The van der Waals surface area contributed by atoms with Gasteiger partial charge in [-0.2, -0.15) is 0 Å². The Kier molecular flexibility index (Phi) is 6.77. The SMILES string of the molecule is CC1CCCC[NH+]1CCNC(=O)c1ccc2c(c1)NC(=O)C([NH+]1CCCCC1)S2. The molecule has 29 heavy (non-hydrogen) atoms. The summed E-state index contributed by atoms with van der Waals surface area (Å²) in [4.78, 5) is 29.3. The van der Waals surface area contributed by atoms with Crippen molar-refractivity contribution in [2.24, 2.45) is 0 Å². The van der Waals surface area contributed by atoms with Crippen LogP contribution < -0.4 is 20.4 Å². The highest BCUT2D eigenvalue weighted by Crippen LogP contribution is 2.34. The van der Waals surface area contributed by atoms with Crippen LogP contribution in [0.15, 0.2) is 23.1 Å². The third-order valence-electron chi connectivity index (χ3n) is 6.66. The van der Waals surface area contributed by atoms with E-state index >= 15 is 0 Å². The molecule has 4 rings (SSSR count). The molecule has 0 bridgehead atoms. The summed E-state index contributed by atoms with van der Waals surface area (Å²) in [7, 11) is 0. The molecular formula is C22H34N4O2S+2. The molecule has 158 valence electrons. The van der Waals surface area contributed by atoms with Gasteiger partial charge in [-0.25, -0.2) is 0 Å². The second kappa shape index (κ2) is 9.49. The number of fused-ring (bicyclic) bond motifs is 1. The summed E-state index contributed by atoms with van der Waals surface area (Å²) in [5.74, 6) is 0.0135. The van der Waals surface area contributed by atoms with Crippen LogP contribution in [-0.4, -0.2) is 56.0 Å². The lowest BCUT2D eigenvalue weighted by atomic mass is 10.0. The molecule has 3 aliphatic rings. The maximum atomic E-state index is 12.7. The average molecular weight is 419 g/mol. The number of nitrogens with one attached hydrogen (secondary N) is 4. The third kappa shape index (κ3) is 4.95. The van der Waals surface area contributed by atoms with E-state index in [0.29, 0.717) is 18.2 Å². The Hall–Kier alpha value is -1.57. The maximum absolute atomic E-state index is 12.7. The largest absolute Gasteiger partial charge is 0.346 e. The molecule has 0 aromatic heterocycles. The van der Waals surface area contributed by atoms with Gasteiger partial charge in [0, 0.05) is 10.5 Å². The predicted molar refractivity (Wildman–Crippen MR) is 116 cm³/mol. The number of likely N-dealkylation sites (tertiary alicyclic amines) is 2. The van der Waals surface area contributed by atoms with Crippen molar-refractivity contribution in [3.05, 3.63) is 23.8 Å². The van der Waals surface area contributed by atoms with E-state index in [0.717, 1.165) is 30.2 Å². The highest BCUT2D eigenvalue weighted by atomic mass is 32.2. The number of anilines is 1.